The second-order valence-electron chi connectivity index (χ2n) is 7.33. The molecule has 0 radical (unpaired) electrons. The Balaban J connectivity index is 1.62. The molecule has 1 fully saturated rings. The van der Waals surface area contributed by atoms with Gasteiger partial charge in [-0.3, -0.25) is 19.2 Å². The number of hydrogen-bond donors (Lipinski definition) is 0. The summed E-state index contributed by atoms with van der Waals surface area (Å²) in [6.45, 7) is 2.93. The highest BCUT2D eigenvalue weighted by molar-refractivity contribution is 5.83. The van der Waals surface area contributed by atoms with Gasteiger partial charge in [-0.15, -0.1) is 0 Å². The van der Waals surface area contributed by atoms with Crippen LogP contribution in [-0.4, -0.2) is 38.6 Å². The van der Waals surface area contributed by atoms with Crippen LogP contribution in [0, 0.1) is 0 Å². The van der Waals surface area contributed by atoms with Crippen molar-refractivity contribution in [2.75, 3.05) is 13.1 Å². The van der Waals surface area contributed by atoms with Gasteiger partial charge in [-0.05, 0) is 43.7 Å². The summed E-state index contributed by atoms with van der Waals surface area (Å²) in [6, 6.07) is 12.2. The SMILES string of the molecule is O=c1c2ccc(-c3ccccn3)cc2nc2n1CC1CCCCN1CC2. The summed E-state index contributed by atoms with van der Waals surface area (Å²) in [6.07, 6.45) is 6.34. The van der Waals surface area contributed by atoms with Crippen LogP contribution in [0.25, 0.3) is 22.2 Å². The lowest BCUT2D eigenvalue weighted by atomic mass is 10.0. The molecule has 0 spiro atoms. The molecule has 3 aromatic rings. The van der Waals surface area contributed by atoms with Gasteiger partial charge in [-0.2, -0.15) is 0 Å². The molecule has 5 heteroatoms. The number of rotatable bonds is 1. The number of nitrogens with zero attached hydrogens (tertiary/aromatic N) is 4. The van der Waals surface area contributed by atoms with Crippen molar-refractivity contribution in [3.05, 3.63) is 58.8 Å². The fraction of sp³-hybridized carbons (Fsp3) is 0.381. The number of pyridine rings is 1. The van der Waals surface area contributed by atoms with Crippen LogP contribution >= 0.6 is 0 Å². The Hall–Kier alpha value is -2.53. The first-order valence-electron chi connectivity index (χ1n) is 9.48. The van der Waals surface area contributed by atoms with Crippen molar-refractivity contribution < 1.29 is 0 Å². The Bertz CT molecular complexity index is 1010. The number of piperidine rings is 1. The lowest BCUT2D eigenvalue weighted by Crippen LogP contribution is -2.42. The van der Waals surface area contributed by atoms with E-state index in [4.69, 9.17) is 4.98 Å². The first-order chi connectivity index (χ1) is 12.8. The molecule has 132 valence electrons. The molecular weight excluding hydrogens is 324 g/mol. The zero-order valence-corrected chi connectivity index (χ0v) is 14.8. The van der Waals surface area contributed by atoms with Gasteiger partial charge in [0, 0.05) is 37.3 Å². The molecule has 5 nitrogen and oxygen atoms in total. The predicted molar refractivity (Wildman–Crippen MR) is 102 cm³/mol. The Kier molecular flexibility index (Phi) is 3.82. The Morgan fingerprint density at radius 3 is 2.92 bits per heavy atom. The van der Waals surface area contributed by atoms with Crippen LogP contribution in [0.5, 0.6) is 0 Å². The first-order valence-corrected chi connectivity index (χ1v) is 9.48. The molecular formula is C21H22N4O. The van der Waals surface area contributed by atoms with Gasteiger partial charge >= 0.3 is 0 Å². The Morgan fingerprint density at radius 1 is 1.08 bits per heavy atom. The van der Waals surface area contributed by atoms with Crippen molar-refractivity contribution in [1.82, 2.24) is 19.4 Å². The van der Waals surface area contributed by atoms with Crippen molar-refractivity contribution in [1.29, 1.82) is 0 Å². The number of hydrogen-bond acceptors (Lipinski definition) is 4. The molecule has 0 saturated carbocycles. The van der Waals surface area contributed by atoms with Gasteiger partial charge in [0.05, 0.1) is 16.6 Å². The topological polar surface area (TPSA) is 51.0 Å². The minimum absolute atomic E-state index is 0.102. The van der Waals surface area contributed by atoms with E-state index in [0.29, 0.717) is 11.4 Å². The van der Waals surface area contributed by atoms with Gasteiger partial charge < -0.3 is 0 Å². The fourth-order valence-electron chi connectivity index (χ4n) is 4.35. The molecule has 1 unspecified atom stereocenters. The first kappa shape index (κ1) is 15.7. The van der Waals surface area contributed by atoms with E-state index in [0.717, 1.165) is 48.7 Å². The van der Waals surface area contributed by atoms with E-state index >= 15 is 0 Å². The normalized spacial score (nSPS) is 20.4. The van der Waals surface area contributed by atoms with E-state index in [-0.39, 0.29) is 5.56 Å². The molecule has 26 heavy (non-hydrogen) atoms. The minimum Gasteiger partial charge on any atom is -0.298 e. The molecule has 1 atom stereocenters. The van der Waals surface area contributed by atoms with Gasteiger partial charge in [-0.25, -0.2) is 4.98 Å². The lowest BCUT2D eigenvalue weighted by Gasteiger charge is -2.33. The van der Waals surface area contributed by atoms with Crippen LogP contribution in [0.1, 0.15) is 25.1 Å². The van der Waals surface area contributed by atoms with E-state index in [9.17, 15) is 4.79 Å². The summed E-state index contributed by atoms with van der Waals surface area (Å²) >= 11 is 0. The molecule has 1 saturated heterocycles. The number of benzene rings is 1. The highest BCUT2D eigenvalue weighted by Gasteiger charge is 2.27. The highest BCUT2D eigenvalue weighted by Crippen LogP contribution is 2.24. The van der Waals surface area contributed by atoms with Crippen LogP contribution in [-0.2, 0) is 13.0 Å². The molecule has 0 bridgehead atoms. The van der Waals surface area contributed by atoms with Crippen molar-refractivity contribution >= 4 is 10.9 Å². The summed E-state index contributed by atoms with van der Waals surface area (Å²) in [5.74, 6) is 0.926. The third kappa shape index (κ3) is 2.63. The van der Waals surface area contributed by atoms with E-state index < -0.39 is 0 Å². The Labute approximate surface area is 152 Å². The number of fused-ring (bicyclic) bond motifs is 3. The van der Waals surface area contributed by atoms with Gasteiger partial charge in [0.2, 0.25) is 0 Å². The maximum atomic E-state index is 13.1. The van der Waals surface area contributed by atoms with Crippen molar-refractivity contribution in [3.8, 4) is 11.3 Å². The van der Waals surface area contributed by atoms with Gasteiger partial charge in [0.25, 0.3) is 5.56 Å². The van der Waals surface area contributed by atoms with E-state index in [1.165, 1.54) is 19.3 Å². The Morgan fingerprint density at radius 2 is 2.04 bits per heavy atom. The van der Waals surface area contributed by atoms with Gasteiger partial charge in [0.1, 0.15) is 5.82 Å². The summed E-state index contributed by atoms with van der Waals surface area (Å²) in [5.41, 5.74) is 2.79. The van der Waals surface area contributed by atoms with Crippen LogP contribution in [0.2, 0.25) is 0 Å². The molecule has 0 amide bonds. The smallest absolute Gasteiger partial charge is 0.261 e. The largest absolute Gasteiger partial charge is 0.298 e. The monoisotopic (exact) mass is 346 g/mol. The maximum Gasteiger partial charge on any atom is 0.261 e. The second kappa shape index (κ2) is 6.32. The van der Waals surface area contributed by atoms with Gasteiger partial charge in [0.15, 0.2) is 0 Å². The molecule has 2 aliphatic heterocycles. The highest BCUT2D eigenvalue weighted by atomic mass is 16.1. The molecule has 0 N–H and O–H groups in total. The van der Waals surface area contributed by atoms with E-state index in [2.05, 4.69) is 9.88 Å². The van der Waals surface area contributed by atoms with E-state index in [1.54, 1.807) is 6.20 Å². The quantitative estimate of drug-likeness (QED) is 0.680. The lowest BCUT2D eigenvalue weighted by molar-refractivity contribution is 0.144. The maximum absolute atomic E-state index is 13.1. The summed E-state index contributed by atoms with van der Waals surface area (Å²) in [4.78, 5) is 25.0. The third-order valence-corrected chi connectivity index (χ3v) is 5.76. The standard InChI is InChI=1S/C21H22N4O/c26-21-17-8-7-15(18-6-1-3-10-22-18)13-19(17)23-20-9-12-24-11-4-2-5-16(24)14-25(20)21/h1,3,6-8,10,13,16H,2,4-5,9,11-12,14H2. The molecule has 4 heterocycles. The van der Waals surface area contributed by atoms with Gasteiger partial charge in [-0.1, -0.05) is 18.6 Å². The van der Waals surface area contributed by atoms with Crippen LogP contribution in [0.4, 0.5) is 0 Å². The summed E-state index contributed by atoms with van der Waals surface area (Å²) < 4.78 is 1.93. The molecule has 0 aliphatic carbocycles. The van der Waals surface area contributed by atoms with Crippen molar-refractivity contribution in [2.24, 2.45) is 0 Å². The zero-order chi connectivity index (χ0) is 17.5. The van der Waals surface area contributed by atoms with Crippen molar-refractivity contribution in [2.45, 2.75) is 38.3 Å². The van der Waals surface area contributed by atoms with E-state index in [1.807, 2.05) is 41.0 Å². The minimum atomic E-state index is 0.102. The second-order valence-corrected chi connectivity index (χ2v) is 7.33. The molecule has 2 aromatic heterocycles. The average Bonchev–Trinajstić information content (AvgIpc) is 2.88. The molecule has 1 aromatic carbocycles. The van der Waals surface area contributed by atoms with Crippen LogP contribution < -0.4 is 5.56 Å². The van der Waals surface area contributed by atoms with Crippen LogP contribution in [0.3, 0.4) is 0 Å². The molecule has 5 rings (SSSR count). The fourth-order valence-corrected chi connectivity index (χ4v) is 4.35. The predicted octanol–water partition coefficient (Wildman–Crippen LogP) is 2.87. The van der Waals surface area contributed by atoms with Crippen molar-refractivity contribution in [3.63, 3.8) is 0 Å². The number of aromatic nitrogens is 3. The zero-order valence-electron chi connectivity index (χ0n) is 14.8. The summed E-state index contributed by atoms with van der Waals surface area (Å²) in [5, 5.41) is 0.706. The molecule has 2 aliphatic rings. The van der Waals surface area contributed by atoms with Crippen LogP contribution in [0.15, 0.2) is 47.4 Å². The average molecular weight is 346 g/mol. The summed E-state index contributed by atoms with van der Waals surface area (Å²) in [7, 11) is 0. The third-order valence-electron chi connectivity index (χ3n) is 5.76.